The van der Waals surface area contributed by atoms with Gasteiger partial charge in [-0.3, -0.25) is 14.9 Å². The third-order valence-corrected chi connectivity index (χ3v) is 4.38. The van der Waals surface area contributed by atoms with Gasteiger partial charge >= 0.3 is 0 Å². The number of nitro benzene ring substituents is 1. The minimum Gasteiger partial charge on any atom is -0.379 e. The van der Waals surface area contributed by atoms with Crippen LogP contribution in [0.5, 0.6) is 0 Å². The van der Waals surface area contributed by atoms with Gasteiger partial charge in [-0.15, -0.1) is 0 Å². The van der Waals surface area contributed by atoms with Crippen molar-refractivity contribution in [3.8, 4) is 5.82 Å². The van der Waals surface area contributed by atoms with Crippen molar-refractivity contribution >= 4 is 23.1 Å². The monoisotopic (exact) mass is 408 g/mol. The lowest BCUT2D eigenvalue weighted by atomic mass is 9.92. The molecule has 3 rings (SSSR count). The molecule has 0 spiro atoms. The first-order valence-electron chi connectivity index (χ1n) is 9.55. The summed E-state index contributed by atoms with van der Waals surface area (Å²) in [7, 11) is 0. The molecule has 0 bridgehead atoms. The number of nitro groups is 1. The highest BCUT2D eigenvalue weighted by molar-refractivity contribution is 5.90. The molecule has 0 saturated carbocycles. The van der Waals surface area contributed by atoms with E-state index in [1.165, 1.54) is 6.07 Å². The second kappa shape index (κ2) is 8.73. The number of aromatic nitrogens is 3. The number of carbonyl (C=O) groups is 1. The number of anilines is 2. The molecule has 0 atom stereocenters. The van der Waals surface area contributed by atoms with Crippen molar-refractivity contribution in [1.82, 2.24) is 14.8 Å². The Kier molecular flexibility index (Phi) is 6.10. The summed E-state index contributed by atoms with van der Waals surface area (Å²) in [6.45, 7) is 6.38. The fourth-order valence-corrected chi connectivity index (χ4v) is 2.79. The van der Waals surface area contributed by atoms with Gasteiger partial charge in [0.1, 0.15) is 11.5 Å². The summed E-state index contributed by atoms with van der Waals surface area (Å²) >= 11 is 0. The van der Waals surface area contributed by atoms with Gasteiger partial charge in [0, 0.05) is 36.7 Å². The summed E-state index contributed by atoms with van der Waals surface area (Å²) in [5.41, 5.74) is 0.971. The number of benzene rings is 1. The van der Waals surface area contributed by atoms with E-state index in [0.29, 0.717) is 17.3 Å². The first-order chi connectivity index (χ1) is 14.3. The van der Waals surface area contributed by atoms with Crippen LogP contribution in [0.25, 0.3) is 5.82 Å². The van der Waals surface area contributed by atoms with Crippen LogP contribution >= 0.6 is 0 Å². The molecule has 0 aliphatic carbocycles. The normalized spacial score (nSPS) is 11.2. The second-order valence-electron chi connectivity index (χ2n) is 7.76. The van der Waals surface area contributed by atoms with Gasteiger partial charge in [0.15, 0.2) is 5.82 Å². The van der Waals surface area contributed by atoms with Crippen molar-refractivity contribution < 1.29 is 9.72 Å². The van der Waals surface area contributed by atoms with Gasteiger partial charge in [-0.1, -0.05) is 39.0 Å². The number of nitrogens with zero attached hydrogens (tertiary/aromatic N) is 4. The van der Waals surface area contributed by atoms with Crippen LogP contribution in [-0.2, 0) is 10.2 Å². The number of pyridine rings is 1. The maximum absolute atomic E-state index is 12.5. The maximum atomic E-state index is 12.5. The predicted molar refractivity (Wildman–Crippen MR) is 115 cm³/mol. The molecule has 0 radical (unpaired) electrons. The number of carbonyl (C=O) groups excluding carboxylic acids is 1. The Balaban J connectivity index is 1.71. The molecule has 0 aliphatic rings. The molecular weight excluding hydrogens is 384 g/mol. The number of para-hydroxylation sites is 2. The summed E-state index contributed by atoms with van der Waals surface area (Å²) in [4.78, 5) is 27.5. The second-order valence-corrected chi connectivity index (χ2v) is 7.76. The Hall–Kier alpha value is -3.75. The van der Waals surface area contributed by atoms with E-state index in [2.05, 4.69) is 20.7 Å². The van der Waals surface area contributed by atoms with Gasteiger partial charge in [-0.05, 0) is 18.2 Å². The summed E-state index contributed by atoms with van der Waals surface area (Å²) in [6, 6.07) is 13.6. The van der Waals surface area contributed by atoms with Crippen molar-refractivity contribution in [3.05, 3.63) is 70.5 Å². The average Bonchev–Trinajstić information content (AvgIpc) is 3.13. The standard InChI is InChI=1S/C21H24N6O3/c1-21(2,3)17-14-19(26(25-17)18-10-6-7-12-23-18)24-20(28)11-13-22-15-8-4-5-9-16(15)27(29)30/h4-10,12,14,22H,11,13H2,1-3H3,(H,24,28). The minimum absolute atomic E-state index is 0.0269. The van der Waals surface area contributed by atoms with Crippen LogP contribution in [0.1, 0.15) is 32.9 Å². The molecule has 9 nitrogen and oxygen atoms in total. The molecule has 0 fully saturated rings. The molecule has 1 amide bonds. The van der Waals surface area contributed by atoms with Crippen LogP contribution in [-0.4, -0.2) is 32.1 Å². The Morgan fingerprint density at radius 2 is 1.90 bits per heavy atom. The quantitative estimate of drug-likeness (QED) is 0.452. The number of rotatable bonds is 7. The van der Waals surface area contributed by atoms with Gasteiger partial charge in [0.2, 0.25) is 5.91 Å². The van der Waals surface area contributed by atoms with E-state index in [9.17, 15) is 14.9 Å². The third-order valence-electron chi connectivity index (χ3n) is 4.38. The molecule has 2 N–H and O–H groups in total. The summed E-state index contributed by atoms with van der Waals surface area (Å²) in [5, 5.41) is 21.5. The van der Waals surface area contributed by atoms with Crippen LogP contribution < -0.4 is 10.6 Å². The Bertz CT molecular complexity index is 1040. The van der Waals surface area contributed by atoms with Crippen LogP contribution in [0.15, 0.2) is 54.7 Å². The van der Waals surface area contributed by atoms with Gasteiger partial charge in [-0.2, -0.15) is 9.78 Å². The average molecular weight is 408 g/mol. The Labute approximate surface area is 174 Å². The molecule has 1 aromatic carbocycles. The van der Waals surface area contributed by atoms with Crippen molar-refractivity contribution in [1.29, 1.82) is 0 Å². The lowest BCUT2D eigenvalue weighted by molar-refractivity contribution is -0.384. The molecular formula is C21H24N6O3. The molecule has 0 saturated heterocycles. The Morgan fingerprint density at radius 3 is 2.57 bits per heavy atom. The van der Waals surface area contributed by atoms with Crippen LogP contribution in [0.3, 0.4) is 0 Å². The van der Waals surface area contributed by atoms with Crippen molar-refractivity contribution in [3.63, 3.8) is 0 Å². The maximum Gasteiger partial charge on any atom is 0.292 e. The number of hydrogen-bond donors (Lipinski definition) is 2. The summed E-state index contributed by atoms with van der Waals surface area (Å²) in [5.74, 6) is 0.884. The first kappa shape index (κ1) is 21.0. The van der Waals surface area contributed by atoms with Crippen molar-refractivity contribution in [2.24, 2.45) is 0 Å². The van der Waals surface area contributed by atoms with E-state index in [1.807, 2.05) is 45.0 Å². The highest BCUT2D eigenvalue weighted by Crippen LogP contribution is 2.26. The molecule has 3 aromatic rings. The first-order valence-corrected chi connectivity index (χ1v) is 9.55. The minimum atomic E-state index is -0.457. The van der Waals surface area contributed by atoms with E-state index in [1.54, 1.807) is 29.1 Å². The van der Waals surface area contributed by atoms with Crippen LogP contribution in [0.4, 0.5) is 17.2 Å². The molecule has 30 heavy (non-hydrogen) atoms. The Morgan fingerprint density at radius 1 is 1.17 bits per heavy atom. The van der Waals surface area contributed by atoms with Gasteiger partial charge in [0.05, 0.1) is 10.6 Å². The van der Waals surface area contributed by atoms with E-state index in [-0.39, 0.29) is 30.0 Å². The number of amides is 1. The summed E-state index contributed by atoms with van der Waals surface area (Å²) in [6.07, 6.45) is 1.79. The molecule has 9 heteroatoms. The summed E-state index contributed by atoms with van der Waals surface area (Å²) < 4.78 is 1.61. The van der Waals surface area contributed by atoms with Crippen LogP contribution in [0.2, 0.25) is 0 Å². The predicted octanol–water partition coefficient (Wildman–Crippen LogP) is 3.91. The van der Waals surface area contributed by atoms with E-state index >= 15 is 0 Å². The molecule has 0 aliphatic heterocycles. The lowest BCUT2D eigenvalue weighted by Crippen LogP contribution is -2.18. The van der Waals surface area contributed by atoms with Gasteiger partial charge in [-0.25, -0.2) is 4.98 Å². The zero-order valence-electron chi connectivity index (χ0n) is 17.1. The van der Waals surface area contributed by atoms with Crippen molar-refractivity contribution in [2.45, 2.75) is 32.6 Å². The molecule has 156 valence electrons. The lowest BCUT2D eigenvalue weighted by Gasteiger charge is -2.13. The molecule has 2 heterocycles. The van der Waals surface area contributed by atoms with Crippen LogP contribution in [0, 0.1) is 10.1 Å². The highest BCUT2D eigenvalue weighted by Gasteiger charge is 2.22. The largest absolute Gasteiger partial charge is 0.379 e. The van der Waals surface area contributed by atoms with Gasteiger partial charge in [0.25, 0.3) is 5.69 Å². The zero-order chi connectivity index (χ0) is 21.7. The number of hydrogen-bond acceptors (Lipinski definition) is 6. The van der Waals surface area contributed by atoms with E-state index in [0.717, 1.165) is 5.69 Å². The van der Waals surface area contributed by atoms with E-state index in [4.69, 9.17) is 0 Å². The van der Waals surface area contributed by atoms with Crippen molar-refractivity contribution in [2.75, 3.05) is 17.2 Å². The van der Waals surface area contributed by atoms with Gasteiger partial charge < -0.3 is 10.6 Å². The third kappa shape index (κ3) is 4.99. The fourth-order valence-electron chi connectivity index (χ4n) is 2.79. The molecule has 0 unspecified atom stereocenters. The van der Waals surface area contributed by atoms with E-state index < -0.39 is 4.92 Å². The number of nitrogens with one attached hydrogen (secondary N) is 2. The highest BCUT2D eigenvalue weighted by atomic mass is 16.6. The SMILES string of the molecule is CC(C)(C)c1cc(NC(=O)CCNc2ccccc2[N+](=O)[O-])n(-c2ccccn2)n1. The fraction of sp³-hybridized carbons (Fsp3) is 0.286. The molecule has 2 aromatic heterocycles. The zero-order valence-corrected chi connectivity index (χ0v) is 17.1. The topological polar surface area (TPSA) is 115 Å². The smallest absolute Gasteiger partial charge is 0.292 e.